The minimum atomic E-state index is -0.0407. The van der Waals surface area contributed by atoms with Crippen molar-refractivity contribution in [3.05, 3.63) is 0 Å². The minimum absolute atomic E-state index is 0. The summed E-state index contributed by atoms with van der Waals surface area (Å²) in [4.78, 5) is 0. The molecule has 2 saturated heterocycles. The lowest BCUT2D eigenvalue weighted by molar-refractivity contribution is -0.0737. The summed E-state index contributed by atoms with van der Waals surface area (Å²) in [5, 5.41) is 14.3. The zero-order chi connectivity index (χ0) is 9.10. The van der Waals surface area contributed by atoms with Crippen LogP contribution in [0.4, 0.5) is 0 Å². The van der Waals surface area contributed by atoms with Crippen molar-refractivity contribution >= 4 is 24.8 Å². The highest BCUT2D eigenvalue weighted by atomic mass is 35.5. The van der Waals surface area contributed by atoms with E-state index in [1.54, 1.807) is 0 Å². The van der Waals surface area contributed by atoms with Crippen LogP contribution in [-0.4, -0.2) is 47.4 Å². The van der Waals surface area contributed by atoms with E-state index in [9.17, 15) is 5.11 Å². The Hall–Kier alpha value is 0.460. The van der Waals surface area contributed by atoms with Gasteiger partial charge in [-0.15, -0.1) is 24.8 Å². The van der Waals surface area contributed by atoms with E-state index >= 15 is 0 Å². The zero-order valence-corrected chi connectivity index (χ0v) is 10.7. The third kappa shape index (κ3) is 4.45. The standard InChI is InChI=1S/C10H20N2O.2ClH/c13-10-4-8-12(9-5-10)11-6-2-1-3-7-11;;/h10,13H,1-9H2;2*1H. The Kier molecular flexibility index (Phi) is 7.92. The molecule has 0 radical (unpaired) electrons. The van der Waals surface area contributed by atoms with Crippen LogP contribution in [0.15, 0.2) is 0 Å². The molecule has 0 amide bonds. The first kappa shape index (κ1) is 15.5. The molecule has 2 aliphatic heterocycles. The summed E-state index contributed by atoms with van der Waals surface area (Å²) in [5.74, 6) is 0. The molecular formula is C10H22Cl2N2O. The maximum absolute atomic E-state index is 9.38. The number of aliphatic hydroxyl groups excluding tert-OH is 1. The summed E-state index contributed by atoms with van der Waals surface area (Å²) in [6, 6.07) is 0. The molecule has 2 aliphatic rings. The molecule has 2 heterocycles. The number of rotatable bonds is 1. The lowest BCUT2D eigenvalue weighted by Gasteiger charge is -2.40. The van der Waals surface area contributed by atoms with E-state index in [4.69, 9.17) is 0 Å². The van der Waals surface area contributed by atoms with Crippen LogP contribution in [0.3, 0.4) is 0 Å². The smallest absolute Gasteiger partial charge is 0.0565 e. The Labute approximate surface area is 105 Å². The molecule has 0 aromatic heterocycles. The number of hydrogen-bond acceptors (Lipinski definition) is 3. The summed E-state index contributed by atoms with van der Waals surface area (Å²) in [7, 11) is 0. The summed E-state index contributed by atoms with van der Waals surface area (Å²) in [6.07, 6.45) is 5.96. The molecule has 0 spiro atoms. The largest absolute Gasteiger partial charge is 0.393 e. The second-order valence-electron chi connectivity index (χ2n) is 4.20. The first-order chi connectivity index (χ1) is 6.36. The van der Waals surface area contributed by atoms with Gasteiger partial charge in [0, 0.05) is 26.2 Å². The van der Waals surface area contributed by atoms with Crippen LogP contribution >= 0.6 is 24.8 Å². The highest BCUT2D eigenvalue weighted by Gasteiger charge is 2.22. The van der Waals surface area contributed by atoms with Crippen LogP contribution in [0.2, 0.25) is 0 Å². The highest BCUT2D eigenvalue weighted by molar-refractivity contribution is 5.85. The van der Waals surface area contributed by atoms with Crippen LogP contribution in [0, 0.1) is 0 Å². The second-order valence-corrected chi connectivity index (χ2v) is 4.20. The fraction of sp³-hybridized carbons (Fsp3) is 1.00. The van der Waals surface area contributed by atoms with Gasteiger partial charge in [-0.1, -0.05) is 6.42 Å². The molecule has 2 fully saturated rings. The first-order valence-electron chi connectivity index (χ1n) is 5.54. The van der Waals surface area contributed by atoms with E-state index in [2.05, 4.69) is 10.0 Å². The molecule has 0 unspecified atom stereocenters. The van der Waals surface area contributed by atoms with E-state index in [-0.39, 0.29) is 30.9 Å². The third-order valence-corrected chi connectivity index (χ3v) is 3.17. The fourth-order valence-electron chi connectivity index (χ4n) is 2.30. The molecule has 0 atom stereocenters. The molecule has 0 aromatic rings. The Bertz CT molecular complexity index is 158. The predicted molar refractivity (Wildman–Crippen MR) is 66.7 cm³/mol. The molecule has 15 heavy (non-hydrogen) atoms. The van der Waals surface area contributed by atoms with Gasteiger partial charge in [0.15, 0.2) is 0 Å². The fourth-order valence-corrected chi connectivity index (χ4v) is 2.30. The van der Waals surface area contributed by atoms with Crippen LogP contribution in [0.25, 0.3) is 0 Å². The third-order valence-electron chi connectivity index (χ3n) is 3.17. The van der Waals surface area contributed by atoms with Crippen molar-refractivity contribution in [1.29, 1.82) is 0 Å². The van der Waals surface area contributed by atoms with Gasteiger partial charge in [0.1, 0.15) is 0 Å². The van der Waals surface area contributed by atoms with Crippen LogP contribution in [-0.2, 0) is 0 Å². The number of hydrazine groups is 1. The molecule has 92 valence electrons. The molecule has 0 aliphatic carbocycles. The highest BCUT2D eigenvalue weighted by Crippen LogP contribution is 2.16. The zero-order valence-electron chi connectivity index (χ0n) is 9.10. The molecule has 5 heteroatoms. The van der Waals surface area contributed by atoms with Gasteiger partial charge in [-0.05, 0) is 25.7 Å². The maximum atomic E-state index is 9.38. The van der Waals surface area contributed by atoms with Crippen molar-refractivity contribution in [2.75, 3.05) is 26.2 Å². The number of nitrogens with zero attached hydrogens (tertiary/aromatic N) is 2. The van der Waals surface area contributed by atoms with Crippen LogP contribution < -0.4 is 0 Å². The van der Waals surface area contributed by atoms with E-state index in [0.29, 0.717) is 0 Å². The van der Waals surface area contributed by atoms with Crippen LogP contribution in [0.5, 0.6) is 0 Å². The summed E-state index contributed by atoms with van der Waals surface area (Å²) < 4.78 is 0. The number of hydrogen-bond donors (Lipinski definition) is 1. The van der Waals surface area contributed by atoms with Crippen molar-refractivity contribution in [3.63, 3.8) is 0 Å². The van der Waals surface area contributed by atoms with Crippen molar-refractivity contribution < 1.29 is 5.11 Å². The summed E-state index contributed by atoms with van der Waals surface area (Å²) >= 11 is 0. The molecule has 0 saturated carbocycles. The SMILES string of the molecule is Cl.Cl.OC1CCN(N2CCCCC2)CC1. The average Bonchev–Trinajstić information content (AvgIpc) is 2.20. The van der Waals surface area contributed by atoms with Crippen LogP contribution in [0.1, 0.15) is 32.1 Å². The number of piperidine rings is 2. The van der Waals surface area contributed by atoms with Crippen molar-refractivity contribution in [2.45, 2.75) is 38.2 Å². The quantitative estimate of drug-likeness (QED) is 0.774. The second kappa shape index (κ2) is 7.69. The molecule has 2 rings (SSSR count). The minimum Gasteiger partial charge on any atom is -0.393 e. The lowest BCUT2D eigenvalue weighted by Crippen LogP contribution is -2.49. The van der Waals surface area contributed by atoms with Gasteiger partial charge in [-0.2, -0.15) is 0 Å². The summed E-state index contributed by atoms with van der Waals surface area (Å²) in [5.41, 5.74) is 0. The maximum Gasteiger partial charge on any atom is 0.0565 e. The number of aliphatic hydroxyl groups is 1. The Balaban J connectivity index is 0.000000980. The Morgan fingerprint density at radius 2 is 1.20 bits per heavy atom. The molecule has 0 bridgehead atoms. The molecular weight excluding hydrogens is 235 g/mol. The van der Waals surface area contributed by atoms with Gasteiger partial charge in [0.05, 0.1) is 6.10 Å². The van der Waals surface area contributed by atoms with Gasteiger partial charge in [0.25, 0.3) is 0 Å². The molecule has 3 nitrogen and oxygen atoms in total. The average molecular weight is 257 g/mol. The topological polar surface area (TPSA) is 26.7 Å². The van der Waals surface area contributed by atoms with E-state index in [1.165, 1.54) is 32.4 Å². The predicted octanol–water partition coefficient (Wildman–Crippen LogP) is 1.69. The van der Waals surface area contributed by atoms with E-state index in [1.807, 2.05) is 0 Å². The Morgan fingerprint density at radius 1 is 0.733 bits per heavy atom. The van der Waals surface area contributed by atoms with Gasteiger partial charge >= 0.3 is 0 Å². The molecule has 0 aromatic carbocycles. The molecule has 1 N–H and O–H groups in total. The number of halogens is 2. The van der Waals surface area contributed by atoms with Crippen molar-refractivity contribution in [2.24, 2.45) is 0 Å². The van der Waals surface area contributed by atoms with Gasteiger partial charge < -0.3 is 5.11 Å². The van der Waals surface area contributed by atoms with E-state index in [0.717, 1.165) is 25.9 Å². The monoisotopic (exact) mass is 256 g/mol. The lowest BCUT2D eigenvalue weighted by atomic mass is 10.1. The van der Waals surface area contributed by atoms with Gasteiger partial charge in [-0.3, -0.25) is 0 Å². The van der Waals surface area contributed by atoms with Crippen molar-refractivity contribution in [3.8, 4) is 0 Å². The van der Waals surface area contributed by atoms with E-state index < -0.39 is 0 Å². The first-order valence-corrected chi connectivity index (χ1v) is 5.54. The summed E-state index contributed by atoms with van der Waals surface area (Å²) in [6.45, 7) is 4.58. The Morgan fingerprint density at radius 3 is 1.73 bits per heavy atom. The normalized spacial score (nSPS) is 25.4. The van der Waals surface area contributed by atoms with Gasteiger partial charge in [0.2, 0.25) is 0 Å². The van der Waals surface area contributed by atoms with Crippen molar-refractivity contribution in [1.82, 2.24) is 10.0 Å². The van der Waals surface area contributed by atoms with Gasteiger partial charge in [-0.25, -0.2) is 10.0 Å².